The molecule has 1 aliphatic rings. The lowest BCUT2D eigenvalue weighted by Crippen LogP contribution is -2.41. The zero-order valence-corrected chi connectivity index (χ0v) is 91.1. The molecule has 0 spiro atoms. The summed E-state index contributed by atoms with van der Waals surface area (Å²) in [7, 11) is -0.455. The van der Waals surface area contributed by atoms with Crippen LogP contribution >= 0.6 is 153 Å². The molecule has 27 rings (SSSR count). The van der Waals surface area contributed by atoms with Crippen molar-refractivity contribution in [3.63, 3.8) is 0 Å². The standard InChI is InChI=1S/C31H26BN3O2S.C25H16ClN3OS.C25H14ClN3S.C18H12ClN3S.C12H7BrN2S.C6H2Br2N2S/c1-30(2)31(3,4)37-32(36-30)21-15-16-22-25(17-21)33-27(20-13-9-6-10-14-20)24-18-23(19-11-7-5-8-12-19)28-29(26(22)24)35-38-34-28;26-18-11-12-20(22(15-18)27-25(30)17-9-5-2-6-10-17)21-14-13-19(16-7-3-1-4-8-16)23-24(21)29-31-28-23;26-17-11-12-18-21(13-17)27-23(16-9-5-2-6-10-16)20-14-19(15-7-3-1-4-8-15)24-25(22(18)20)29-30-28-24;19-12-6-7-14(16(20)10-12)15-9-8-13(11-4-2-1-3-5-11)17-18(15)22-23-21-17;13-10-7-6-9(8-4-2-1-3-5-8)11-12(10)15-16-14-11;7-3-1-2-4(8)6-5(3)9-11-10-6/h5-18H,1-4H3;1-15H,(H,27,30);1-14H;1-10H,20H2;1-7H;1-2H. The second kappa shape index (κ2) is 43.5. The third-order valence-electron chi connectivity index (χ3n) is 26.0. The number of rotatable bonds is 12. The van der Waals surface area contributed by atoms with Crippen LogP contribution < -0.4 is 16.5 Å². The highest BCUT2D eigenvalue weighted by Gasteiger charge is 2.52. The van der Waals surface area contributed by atoms with Gasteiger partial charge in [-0.05, 0) is 194 Å². The van der Waals surface area contributed by atoms with Crippen LogP contribution in [0.15, 0.2) is 390 Å². The monoisotopic (exact) mass is 2300 g/mol. The number of fused-ring (bicyclic) bond motifs is 14. The predicted molar refractivity (Wildman–Crippen MR) is 632 cm³/mol. The van der Waals surface area contributed by atoms with E-state index in [-0.39, 0.29) is 5.91 Å². The minimum Gasteiger partial charge on any atom is -0.399 e. The summed E-state index contributed by atoms with van der Waals surface area (Å²) in [6.07, 6.45) is 0. The van der Waals surface area contributed by atoms with Gasteiger partial charge in [0, 0.05) is 133 Å². The van der Waals surface area contributed by atoms with Gasteiger partial charge in [0.2, 0.25) is 0 Å². The number of nitrogen functional groups attached to an aromatic ring is 1. The van der Waals surface area contributed by atoms with Gasteiger partial charge in [0.15, 0.2) is 0 Å². The highest BCUT2D eigenvalue weighted by atomic mass is 79.9. The average Bonchev–Trinajstić information content (AvgIpc) is 1.71. The first-order valence-corrected chi connectivity index (χ1v) is 54.7. The Labute approximate surface area is 920 Å². The largest absolute Gasteiger partial charge is 0.494 e. The Bertz CT molecular complexity index is 9440. The smallest absolute Gasteiger partial charge is 0.399 e. The molecule has 3 N–H and O–H groups in total. The van der Waals surface area contributed by atoms with E-state index in [2.05, 4.69) is 272 Å². The number of nitrogens with two attached hydrogens (primary N) is 1. The van der Waals surface area contributed by atoms with Crippen molar-refractivity contribution in [1.82, 2.24) is 62.5 Å². The molecule has 32 heteroatoms. The number of amides is 1. The topological polar surface area (TPSA) is 254 Å². The Balaban J connectivity index is 0.000000105. The van der Waals surface area contributed by atoms with E-state index in [9.17, 15) is 4.79 Å². The zero-order valence-electron chi connectivity index (χ0n) is 79.2. The van der Waals surface area contributed by atoms with Gasteiger partial charge in [-0.3, -0.25) is 4.79 Å². The number of carbonyl (C=O) groups excluding carboxylic acids is 1. The fourth-order valence-corrected chi connectivity index (χ4v) is 23.6. The zero-order chi connectivity index (χ0) is 102. The van der Waals surface area contributed by atoms with Crippen molar-refractivity contribution in [2.45, 2.75) is 38.9 Å². The molecular formula is C117H77BBr3Cl3N16O3S6. The molecule has 1 amide bonds. The third-order valence-corrected chi connectivity index (χ3v) is 31.8. The molecule has 0 atom stereocenters. The molecule has 0 radical (unpaired) electrons. The summed E-state index contributed by atoms with van der Waals surface area (Å²) in [6.45, 7) is 8.29. The third kappa shape index (κ3) is 20.5. The molecule has 1 fully saturated rings. The van der Waals surface area contributed by atoms with Crippen LogP contribution in [0, 0.1) is 0 Å². The number of hydrogen-bond acceptors (Lipinski definition) is 24. The van der Waals surface area contributed by atoms with Gasteiger partial charge in [-0.2, -0.15) is 52.5 Å². The number of aromatic nitrogens is 14. The first-order chi connectivity index (χ1) is 72.7. The minimum absolute atomic E-state index is 0.197. The molecule has 1 aliphatic heterocycles. The van der Waals surface area contributed by atoms with Crippen molar-refractivity contribution in [2.75, 3.05) is 11.1 Å². The first kappa shape index (κ1) is 99.4. The van der Waals surface area contributed by atoms with Crippen LogP contribution in [0.3, 0.4) is 0 Å². The number of nitrogens with zero attached hydrogens (tertiary/aromatic N) is 14. The van der Waals surface area contributed by atoms with Gasteiger partial charge in [-0.25, -0.2) is 9.97 Å². The number of benzene rings is 18. The van der Waals surface area contributed by atoms with Crippen molar-refractivity contribution in [3.05, 3.63) is 410 Å². The molecule has 0 saturated carbocycles. The lowest BCUT2D eigenvalue weighted by Gasteiger charge is -2.32. The lowest BCUT2D eigenvalue weighted by molar-refractivity contribution is 0.00578. The van der Waals surface area contributed by atoms with Crippen LogP contribution in [0.5, 0.6) is 0 Å². The molecule has 0 unspecified atom stereocenters. The molecule has 9 heterocycles. The Kier molecular flexibility index (Phi) is 29.0. The predicted octanol–water partition coefficient (Wildman–Crippen LogP) is 33.9. The first-order valence-electron chi connectivity index (χ1n) is 46.8. The molecule has 0 aliphatic carbocycles. The van der Waals surface area contributed by atoms with Crippen molar-refractivity contribution in [2.24, 2.45) is 0 Å². The lowest BCUT2D eigenvalue weighted by atomic mass is 9.78. The molecule has 0 bridgehead atoms. The molecular weight excluding hydrogens is 2230 g/mol. The molecule has 1 saturated heterocycles. The Hall–Kier alpha value is -14.2. The van der Waals surface area contributed by atoms with E-state index in [1.165, 1.54) is 75.9 Å². The van der Waals surface area contributed by atoms with Gasteiger partial charge in [0.05, 0.1) is 110 Å². The quantitative estimate of drug-likeness (QED) is 0.0655. The number of carbonyl (C=O) groups is 1. The van der Waals surface area contributed by atoms with E-state index >= 15 is 0 Å². The molecule has 26 aromatic rings. The summed E-state index contributed by atoms with van der Waals surface area (Å²) < 4.78 is 69.6. The number of hydrogen-bond donors (Lipinski definition) is 2. The van der Waals surface area contributed by atoms with Gasteiger partial charge >= 0.3 is 7.12 Å². The molecule has 724 valence electrons. The number of pyridine rings is 2. The van der Waals surface area contributed by atoms with E-state index in [1.54, 1.807) is 24.3 Å². The van der Waals surface area contributed by atoms with E-state index < -0.39 is 18.3 Å². The second-order valence-electron chi connectivity index (χ2n) is 35.7. The van der Waals surface area contributed by atoms with E-state index in [1.807, 2.05) is 200 Å². The second-order valence-corrected chi connectivity index (χ2v) is 42.7. The summed E-state index contributed by atoms with van der Waals surface area (Å²) in [5.74, 6) is -0.197. The molecule has 8 aromatic heterocycles. The van der Waals surface area contributed by atoms with Crippen LogP contribution in [-0.4, -0.2) is 86.7 Å². The average molecular weight is 2300 g/mol. The van der Waals surface area contributed by atoms with Gasteiger partial charge in [-0.1, -0.05) is 326 Å². The van der Waals surface area contributed by atoms with Crippen molar-refractivity contribution in [3.8, 4) is 100 Å². The highest BCUT2D eigenvalue weighted by Crippen LogP contribution is 2.48. The number of nitrogens with one attached hydrogen (secondary N) is 1. The molecule has 19 nitrogen and oxygen atoms in total. The Morgan fingerprint density at radius 3 is 0.993 bits per heavy atom. The summed E-state index contributed by atoms with van der Waals surface area (Å²) in [5.41, 5.74) is 39.2. The maximum absolute atomic E-state index is 12.8. The van der Waals surface area contributed by atoms with Crippen LogP contribution in [0.1, 0.15) is 38.1 Å². The van der Waals surface area contributed by atoms with Crippen molar-refractivity contribution >= 4 is 292 Å². The highest BCUT2D eigenvalue weighted by molar-refractivity contribution is 9.11. The van der Waals surface area contributed by atoms with E-state index in [4.69, 9.17) is 72.9 Å². The van der Waals surface area contributed by atoms with Gasteiger partial charge in [-0.15, -0.1) is 0 Å². The van der Waals surface area contributed by atoms with Gasteiger partial charge in [0.25, 0.3) is 5.91 Å². The Morgan fingerprint density at radius 2 is 0.577 bits per heavy atom. The van der Waals surface area contributed by atoms with E-state index in [0.717, 1.165) is 223 Å². The summed E-state index contributed by atoms with van der Waals surface area (Å²) in [5, 5.41) is 11.2. The van der Waals surface area contributed by atoms with Crippen molar-refractivity contribution in [1.29, 1.82) is 0 Å². The van der Waals surface area contributed by atoms with Crippen LogP contribution in [0.2, 0.25) is 15.1 Å². The summed E-state index contributed by atoms with van der Waals surface area (Å²) in [6, 6.07) is 125. The SMILES string of the molecule is Brc1ccc(-c2ccccc2)c2nsnc12.Brc1ccc(Br)c2nsnc12.CC1(C)OB(c2ccc3c(c2)nc(-c2ccccc2)c2cc(-c4ccccc4)c4nsnc4c23)OC1(C)C.Clc1ccc2c(c1)nc(-c1ccccc1)c1cc(-c3ccccc3)c3nsnc3c12.Nc1cc(Cl)ccc1-c1ccc(-c2ccccc2)c2nsnc12.O=C(Nc1cc(Cl)ccc1-c1ccc(-c2ccccc2)c2nsnc12)c1ccccc1. The van der Waals surface area contributed by atoms with Gasteiger partial charge < -0.3 is 20.4 Å². The maximum atomic E-state index is 12.8. The number of anilines is 2. The van der Waals surface area contributed by atoms with Gasteiger partial charge in [0.1, 0.15) is 66.2 Å². The number of halogens is 6. The van der Waals surface area contributed by atoms with Crippen LogP contribution in [0.25, 0.3) is 210 Å². The molecule has 149 heavy (non-hydrogen) atoms. The normalized spacial score (nSPS) is 12.5. The fourth-order valence-electron chi connectivity index (χ4n) is 18.0. The fraction of sp³-hybridized carbons (Fsp3) is 0.0513. The van der Waals surface area contributed by atoms with Crippen molar-refractivity contribution < 1.29 is 14.1 Å². The van der Waals surface area contributed by atoms with E-state index in [0.29, 0.717) is 32.0 Å². The molecule has 18 aromatic carbocycles. The Morgan fingerprint density at radius 1 is 0.289 bits per heavy atom. The summed E-state index contributed by atoms with van der Waals surface area (Å²) >= 11 is 36.2. The van der Waals surface area contributed by atoms with Crippen LogP contribution in [0.4, 0.5) is 11.4 Å². The minimum atomic E-state index is -0.455. The van der Waals surface area contributed by atoms with Crippen LogP contribution in [-0.2, 0) is 9.31 Å². The summed E-state index contributed by atoms with van der Waals surface area (Å²) in [4.78, 5) is 23.1. The maximum Gasteiger partial charge on any atom is 0.494 e.